The maximum Gasteiger partial charge on any atom is 0.322 e. The number of hydrogen-bond donors (Lipinski definition) is 1. The van der Waals surface area contributed by atoms with E-state index in [0.717, 1.165) is 38.5 Å². The van der Waals surface area contributed by atoms with Crippen LogP contribution in [0.5, 0.6) is 0 Å². The number of aliphatic hydroxyl groups is 1. The van der Waals surface area contributed by atoms with Gasteiger partial charge < -0.3 is 14.7 Å². The number of carbonyl (C=O) groups excluding carboxylic acids is 2. The van der Waals surface area contributed by atoms with Gasteiger partial charge in [-0.3, -0.25) is 9.59 Å². The monoisotopic (exact) mass is 327 g/mol. The first-order chi connectivity index (χ1) is 10.7. The summed E-state index contributed by atoms with van der Waals surface area (Å²) in [4.78, 5) is 27.2. The summed E-state index contributed by atoms with van der Waals surface area (Å²) in [7, 11) is 1.78. The van der Waals surface area contributed by atoms with Gasteiger partial charge >= 0.3 is 5.97 Å². The van der Waals surface area contributed by atoms with E-state index >= 15 is 0 Å². The molecular formula is C18H33NO4. The largest absolute Gasteiger partial charge is 0.459 e. The van der Waals surface area contributed by atoms with Crippen molar-refractivity contribution in [3.63, 3.8) is 0 Å². The molecule has 0 spiro atoms. The van der Waals surface area contributed by atoms with E-state index in [9.17, 15) is 9.59 Å². The molecule has 23 heavy (non-hydrogen) atoms. The topological polar surface area (TPSA) is 66.8 Å². The Morgan fingerprint density at radius 3 is 2.17 bits per heavy atom. The van der Waals surface area contributed by atoms with Gasteiger partial charge in [0.15, 0.2) is 0 Å². The molecule has 1 fully saturated rings. The predicted molar refractivity (Wildman–Crippen MR) is 89.9 cm³/mol. The number of unbranched alkanes of at least 4 members (excludes halogenated alkanes) is 3. The van der Waals surface area contributed by atoms with Crippen LogP contribution in [0.3, 0.4) is 0 Å². The number of hydrogen-bond acceptors (Lipinski definition) is 4. The Balaban J connectivity index is 2.65. The van der Waals surface area contributed by atoms with Crippen molar-refractivity contribution < 1.29 is 19.4 Å². The first-order valence-electron chi connectivity index (χ1n) is 8.83. The summed E-state index contributed by atoms with van der Waals surface area (Å²) in [6.07, 6.45) is 6.63. The maximum atomic E-state index is 12.9. The summed E-state index contributed by atoms with van der Waals surface area (Å²) < 4.78 is 5.54. The van der Waals surface area contributed by atoms with Crippen LogP contribution in [0.25, 0.3) is 0 Å². The fourth-order valence-corrected chi connectivity index (χ4v) is 3.14. The molecule has 0 saturated heterocycles. The Morgan fingerprint density at radius 2 is 1.65 bits per heavy atom. The highest BCUT2D eigenvalue weighted by molar-refractivity contribution is 6.03. The van der Waals surface area contributed by atoms with Crippen LogP contribution < -0.4 is 0 Å². The van der Waals surface area contributed by atoms with Gasteiger partial charge in [-0.15, -0.1) is 0 Å². The van der Waals surface area contributed by atoms with Crippen molar-refractivity contribution in [1.29, 1.82) is 0 Å². The standard InChI is InChI=1S/C18H33NO4/c1-17(2,3)23-16(22)18(11-7-8-12-18)15(21)19(4)13-9-5-6-10-14-20/h20H,5-14H2,1-4H3. The molecule has 0 bridgehead atoms. The Hall–Kier alpha value is -1.10. The summed E-state index contributed by atoms with van der Waals surface area (Å²) in [5.74, 6) is -0.453. The van der Waals surface area contributed by atoms with E-state index in [-0.39, 0.29) is 18.5 Å². The second-order valence-electron chi connectivity index (χ2n) is 7.66. The van der Waals surface area contributed by atoms with Gasteiger partial charge in [-0.05, 0) is 46.5 Å². The third-order valence-electron chi connectivity index (χ3n) is 4.40. The van der Waals surface area contributed by atoms with Gasteiger partial charge in [0.2, 0.25) is 5.91 Å². The van der Waals surface area contributed by atoms with E-state index in [4.69, 9.17) is 9.84 Å². The normalized spacial score (nSPS) is 17.1. The van der Waals surface area contributed by atoms with E-state index in [1.54, 1.807) is 11.9 Å². The summed E-state index contributed by atoms with van der Waals surface area (Å²) in [6, 6.07) is 0. The van der Waals surface area contributed by atoms with Gasteiger partial charge in [-0.1, -0.05) is 25.7 Å². The van der Waals surface area contributed by atoms with Crippen molar-refractivity contribution in [3.05, 3.63) is 0 Å². The third kappa shape index (κ3) is 5.79. The third-order valence-corrected chi connectivity index (χ3v) is 4.40. The van der Waals surface area contributed by atoms with Crippen LogP contribution >= 0.6 is 0 Å². The lowest BCUT2D eigenvalue weighted by molar-refractivity contribution is -0.173. The van der Waals surface area contributed by atoms with Crippen LogP contribution in [-0.2, 0) is 14.3 Å². The quantitative estimate of drug-likeness (QED) is 0.423. The van der Waals surface area contributed by atoms with Gasteiger partial charge in [0, 0.05) is 20.2 Å². The zero-order valence-corrected chi connectivity index (χ0v) is 15.2. The zero-order valence-electron chi connectivity index (χ0n) is 15.2. The molecule has 5 nitrogen and oxygen atoms in total. The predicted octanol–water partition coefficient (Wildman–Crippen LogP) is 2.90. The van der Waals surface area contributed by atoms with Gasteiger partial charge in [-0.25, -0.2) is 0 Å². The van der Waals surface area contributed by atoms with Crippen LogP contribution in [0.15, 0.2) is 0 Å². The molecule has 1 rings (SSSR count). The highest BCUT2D eigenvalue weighted by Gasteiger charge is 2.51. The molecule has 1 aliphatic rings. The molecule has 0 radical (unpaired) electrons. The minimum atomic E-state index is -0.979. The highest BCUT2D eigenvalue weighted by Crippen LogP contribution is 2.41. The smallest absolute Gasteiger partial charge is 0.322 e. The number of esters is 1. The van der Waals surface area contributed by atoms with Crippen molar-refractivity contribution in [2.75, 3.05) is 20.2 Å². The number of rotatable bonds is 8. The van der Waals surface area contributed by atoms with Crippen molar-refractivity contribution in [2.45, 2.75) is 77.7 Å². The first kappa shape index (κ1) is 19.9. The van der Waals surface area contributed by atoms with Crippen LogP contribution in [0, 0.1) is 5.41 Å². The van der Waals surface area contributed by atoms with Crippen LogP contribution in [-0.4, -0.2) is 47.7 Å². The number of aliphatic hydroxyl groups excluding tert-OH is 1. The van der Waals surface area contributed by atoms with Crippen molar-refractivity contribution in [3.8, 4) is 0 Å². The van der Waals surface area contributed by atoms with E-state index in [2.05, 4.69) is 0 Å². The summed E-state index contributed by atoms with van der Waals surface area (Å²) in [6.45, 7) is 6.38. The molecule has 1 N–H and O–H groups in total. The molecule has 134 valence electrons. The second-order valence-corrected chi connectivity index (χ2v) is 7.66. The summed E-state index contributed by atoms with van der Waals surface area (Å²) in [5.41, 5.74) is -1.55. The summed E-state index contributed by atoms with van der Waals surface area (Å²) in [5, 5.41) is 8.78. The number of nitrogens with zero attached hydrogens (tertiary/aromatic N) is 1. The van der Waals surface area contributed by atoms with E-state index < -0.39 is 11.0 Å². The molecule has 0 unspecified atom stereocenters. The molecule has 1 amide bonds. The fourth-order valence-electron chi connectivity index (χ4n) is 3.14. The Bertz CT molecular complexity index is 394. The Labute approximate surface area is 140 Å². The lowest BCUT2D eigenvalue weighted by Crippen LogP contribution is -2.48. The molecular weight excluding hydrogens is 294 g/mol. The van der Waals surface area contributed by atoms with Crippen molar-refractivity contribution >= 4 is 11.9 Å². The van der Waals surface area contributed by atoms with Crippen LogP contribution in [0.1, 0.15) is 72.1 Å². The van der Waals surface area contributed by atoms with Crippen LogP contribution in [0.2, 0.25) is 0 Å². The molecule has 5 heteroatoms. The summed E-state index contributed by atoms with van der Waals surface area (Å²) >= 11 is 0. The second kappa shape index (κ2) is 8.67. The molecule has 0 aromatic rings. The molecule has 0 aromatic carbocycles. The fraction of sp³-hybridized carbons (Fsp3) is 0.889. The molecule has 0 aliphatic heterocycles. The van der Waals surface area contributed by atoms with Crippen molar-refractivity contribution in [2.24, 2.45) is 5.41 Å². The van der Waals surface area contributed by atoms with Crippen LogP contribution in [0.4, 0.5) is 0 Å². The SMILES string of the molecule is CN(CCCCCCO)C(=O)C1(C(=O)OC(C)(C)C)CCCC1. The van der Waals surface area contributed by atoms with Gasteiger partial charge in [0.1, 0.15) is 11.0 Å². The van der Waals surface area contributed by atoms with E-state index in [1.165, 1.54) is 0 Å². The molecule has 0 heterocycles. The van der Waals surface area contributed by atoms with Crippen molar-refractivity contribution in [1.82, 2.24) is 4.90 Å². The van der Waals surface area contributed by atoms with E-state index in [1.807, 2.05) is 20.8 Å². The van der Waals surface area contributed by atoms with Gasteiger partial charge in [0.25, 0.3) is 0 Å². The average Bonchev–Trinajstić information content (AvgIpc) is 2.95. The number of ether oxygens (including phenoxy) is 1. The molecule has 1 aliphatic carbocycles. The molecule has 0 aromatic heterocycles. The lowest BCUT2D eigenvalue weighted by Gasteiger charge is -2.33. The minimum absolute atomic E-state index is 0.0913. The average molecular weight is 327 g/mol. The molecule has 1 saturated carbocycles. The van der Waals surface area contributed by atoms with E-state index in [0.29, 0.717) is 19.4 Å². The molecule has 0 atom stereocenters. The Kier molecular flexibility index (Phi) is 7.52. The maximum absolute atomic E-state index is 12.9. The minimum Gasteiger partial charge on any atom is -0.459 e. The lowest BCUT2D eigenvalue weighted by atomic mass is 9.84. The van der Waals surface area contributed by atoms with Gasteiger partial charge in [-0.2, -0.15) is 0 Å². The number of carbonyl (C=O) groups is 2. The highest BCUT2D eigenvalue weighted by atomic mass is 16.6. The van der Waals surface area contributed by atoms with Gasteiger partial charge in [0.05, 0.1) is 0 Å². The Morgan fingerprint density at radius 1 is 1.09 bits per heavy atom. The first-order valence-corrected chi connectivity index (χ1v) is 8.83. The zero-order chi connectivity index (χ0) is 17.5. The number of amides is 1.